The first kappa shape index (κ1) is 20.3. The largest absolute Gasteiger partial charge is 0.457 e. The Balaban J connectivity index is 1.72. The van der Waals surface area contributed by atoms with Crippen molar-refractivity contribution in [3.05, 3.63) is 75.1 Å². The van der Waals surface area contributed by atoms with E-state index in [2.05, 4.69) is 10.4 Å². The number of nitro benzene ring substituents is 1. The maximum atomic E-state index is 12.3. The van der Waals surface area contributed by atoms with Gasteiger partial charge in [0.05, 0.1) is 40.1 Å². The van der Waals surface area contributed by atoms with E-state index < -0.39 is 4.92 Å². The van der Waals surface area contributed by atoms with E-state index in [1.807, 2.05) is 26.0 Å². The van der Waals surface area contributed by atoms with E-state index in [0.29, 0.717) is 17.3 Å². The molecule has 0 saturated carbocycles. The van der Waals surface area contributed by atoms with Gasteiger partial charge in [-0.05, 0) is 26.0 Å². The number of nitrogens with one attached hydrogen (secondary N) is 1. The van der Waals surface area contributed by atoms with Gasteiger partial charge in [0, 0.05) is 18.6 Å². The highest BCUT2D eigenvalue weighted by Crippen LogP contribution is 2.30. The summed E-state index contributed by atoms with van der Waals surface area (Å²) in [7, 11) is 0. The molecule has 0 radical (unpaired) electrons. The lowest BCUT2D eigenvalue weighted by atomic mass is 10.2. The van der Waals surface area contributed by atoms with Gasteiger partial charge in [-0.15, -0.1) is 0 Å². The number of hydrogen-bond acceptors (Lipinski definition) is 5. The third-order valence-corrected chi connectivity index (χ3v) is 4.61. The summed E-state index contributed by atoms with van der Waals surface area (Å²) in [6.45, 7) is 4.10. The molecule has 0 unspecified atom stereocenters. The van der Waals surface area contributed by atoms with Gasteiger partial charge in [0.25, 0.3) is 5.69 Å². The van der Waals surface area contributed by atoms with E-state index in [1.165, 1.54) is 18.3 Å². The molecule has 1 N–H and O–H groups in total. The molecule has 3 rings (SSSR count). The van der Waals surface area contributed by atoms with Crippen LogP contribution < -0.4 is 10.1 Å². The lowest BCUT2D eigenvalue weighted by Gasteiger charge is -2.10. The number of nitro groups is 1. The second-order valence-electron chi connectivity index (χ2n) is 6.49. The third kappa shape index (κ3) is 5.32. The number of aromatic nitrogens is 2. The van der Waals surface area contributed by atoms with Gasteiger partial charge < -0.3 is 10.1 Å². The SMILES string of the molecule is Cc1ccc(Oc2cc(NC(=O)CCn3ncc(Cl)c3C)cc([N+](=O)[O-])c2)cc1. The quantitative estimate of drug-likeness (QED) is 0.438. The van der Waals surface area contributed by atoms with Crippen LogP contribution in [0, 0.1) is 24.0 Å². The van der Waals surface area contributed by atoms with Gasteiger partial charge in [0.15, 0.2) is 0 Å². The fourth-order valence-electron chi connectivity index (χ4n) is 2.64. The first-order valence-corrected chi connectivity index (χ1v) is 9.21. The van der Waals surface area contributed by atoms with E-state index in [-0.39, 0.29) is 29.5 Å². The summed E-state index contributed by atoms with van der Waals surface area (Å²) in [5, 5.41) is 18.5. The zero-order valence-electron chi connectivity index (χ0n) is 15.9. The van der Waals surface area contributed by atoms with Crippen molar-refractivity contribution in [2.75, 3.05) is 5.32 Å². The summed E-state index contributed by atoms with van der Waals surface area (Å²) in [4.78, 5) is 23.0. The molecule has 0 spiro atoms. The smallest absolute Gasteiger partial charge is 0.275 e. The van der Waals surface area contributed by atoms with Crippen molar-refractivity contribution in [1.82, 2.24) is 9.78 Å². The molecule has 0 aliphatic carbocycles. The normalized spacial score (nSPS) is 10.6. The monoisotopic (exact) mass is 414 g/mol. The summed E-state index contributed by atoms with van der Waals surface area (Å²) in [5.41, 5.74) is 1.93. The molecule has 0 atom stereocenters. The van der Waals surface area contributed by atoms with Gasteiger partial charge in [0.1, 0.15) is 11.5 Å². The topological polar surface area (TPSA) is 99.3 Å². The van der Waals surface area contributed by atoms with Crippen LogP contribution >= 0.6 is 11.6 Å². The number of rotatable bonds is 7. The Hall–Kier alpha value is -3.39. The molecule has 1 heterocycles. The van der Waals surface area contributed by atoms with Crippen LogP contribution in [-0.4, -0.2) is 20.6 Å². The Morgan fingerprint density at radius 1 is 1.21 bits per heavy atom. The predicted octanol–water partition coefficient (Wildman–Crippen LogP) is 4.88. The fraction of sp³-hybridized carbons (Fsp3) is 0.200. The number of carbonyl (C=O) groups excluding carboxylic acids is 1. The van der Waals surface area contributed by atoms with Gasteiger partial charge in [-0.25, -0.2) is 0 Å². The van der Waals surface area contributed by atoms with Crippen LogP contribution in [0.1, 0.15) is 17.7 Å². The molecule has 0 bridgehead atoms. The van der Waals surface area contributed by atoms with Crippen molar-refractivity contribution in [2.45, 2.75) is 26.8 Å². The van der Waals surface area contributed by atoms with Crippen LogP contribution in [-0.2, 0) is 11.3 Å². The molecular weight excluding hydrogens is 396 g/mol. The van der Waals surface area contributed by atoms with Crippen LogP contribution in [0.2, 0.25) is 5.02 Å². The maximum Gasteiger partial charge on any atom is 0.275 e. The van der Waals surface area contributed by atoms with Crippen LogP contribution in [0.25, 0.3) is 0 Å². The standard InChI is InChI=1S/C20H19ClN4O4/c1-13-3-5-17(6-4-13)29-18-10-15(9-16(11-18)25(27)28)23-20(26)7-8-24-14(2)19(21)12-22-24/h3-6,9-12H,7-8H2,1-2H3,(H,23,26). The Bertz CT molecular complexity index is 1050. The molecular formula is C20H19ClN4O4. The number of anilines is 1. The van der Waals surface area contributed by atoms with Crippen LogP contribution in [0.4, 0.5) is 11.4 Å². The van der Waals surface area contributed by atoms with Crippen molar-refractivity contribution < 1.29 is 14.5 Å². The summed E-state index contributed by atoms with van der Waals surface area (Å²) in [5.74, 6) is 0.491. The highest BCUT2D eigenvalue weighted by molar-refractivity contribution is 6.31. The summed E-state index contributed by atoms with van der Waals surface area (Å²) in [6.07, 6.45) is 1.65. The summed E-state index contributed by atoms with van der Waals surface area (Å²) in [6, 6.07) is 11.4. The molecule has 0 saturated heterocycles. The van der Waals surface area contributed by atoms with Gasteiger partial charge >= 0.3 is 0 Å². The Kier molecular flexibility index (Phi) is 6.13. The zero-order valence-corrected chi connectivity index (χ0v) is 16.6. The highest BCUT2D eigenvalue weighted by Gasteiger charge is 2.14. The lowest BCUT2D eigenvalue weighted by Crippen LogP contribution is -2.15. The van der Waals surface area contributed by atoms with Crippen LogP contribution in [0.15, 0.2) is 48.7 Å². The number of carbonyl (C=O) groups is 1. The van der Waals surface area contributed by atoms with Crippen molar-refractivity contribution in [3.8, 4) is 11.5 Å². The minimum Gasteiger partial charge on any atom is -0.457 e. The number of ether oxygens (including phenoxy) is 1. The van der Waals surface area contributed by atoms with E-state index >= 15 is 0 Å². The number of non-ortho nitro benzene ring substituents is 1. The Labute approximate surface area is 172 Å². The fourth-order valence-corrected chi connectivity index (χ4v) is 2.78. The summed E-state index contributed by atoms with van der Waals surface area (Å²) < 4.78 is 7.34. The second-order valence-corrected chi connectivity index (χ2v) is 6.89. The van der Waals surface area contributed by atoms with Crippen LogP contribution in [0.5, 0.6) is 11.5 Å². The number of amides is 1. The zero-order chi connectivity index (χ0) is 21.0. The minimum atomic E-state index is -0.535. The molecule has 0 aliphatic heterocycles. The molecule has 2 aromatic carbocycles. The van der Waals surface area contributed by atoms with E-state index in [1.54, 1.807) is 22.9 Å². The van der Waals surface area contributed by atoms with Crippen LogP contribution in [0.3, 0.4) is 0 Å². The van der Waals surface area contributed by atoms with Crippen molar-refractivity contribution >= 4 is 28.9 Å². The molecule has 8 nitrogen and oxygen atoms in total. The van der Waals surface area contributed by atoms with Gasteiger partial charge in [-0.2, -0.15) is 5.10 Å². The Morgan fingerprint density at radius 2 is 1.93 bits per heavy atom. The second kappa shape index (κ2) is 8.74. The average molecular weight is 415 g/mol. The van der Waals surface area contributed by atoms with Crippen molar-refractivity contribution in [3.63, 3.8) is 0 Å². The molecule has 150 valence electrons. The lowest BCUT2D eigenvalue weighted by molar-refractivity contribution is -0.384. The highest BCUT2D eigenvalue weighted by atomic mass is 35.5. The van der Waals surface area contributed by atoms with Crippen molar-refractivity contribution in [1.29, 1.82) is 0 Å². The van der Waals surface area contributed by atoms with Crippen molar-refractivity contribution in [2.24, 2.45) is 0 Å². The maximum absolute atomic E-state index is 12.3. The minimum absolute atomic E-state index is 0.135. The van der Waals surface area contributed by atoms with E-state index in [9.17, 15) is 14.9 Å². The molecule has 29 heavy (non-hydrogen) atoms. The molecule has 0 fully saturated rings. The molecule has 0 aliphatic rings. The third-order valence-electron chi connectivity index (χ3n) is 4.24. The number of nitrogens with zero attached hydrogens (tertiary/aromatic N) is 3. The average Bonchev–Trinajstić information content (AvgIpc) is 3.00. The molecule has 1 amide bonds. The van der Waals surface area contributed by atoms with E-state index in [4.69, 9.17) is 16.3 Å². The summed E-state index contributed by atoms with van der Waals surface area (Å²) >= 11 is 5.95. The van der Waals surface area contributed by atoms with Gasteiger partial charge in [-0.3, -0.25) is 19.6 Å². The number of hydrogen-bond donors (Lipinski definition) is 1. The Morgan fingerprint density at radius 3 is 2.55 bits per heavy atom. The van der Waals surface area contributed by atoms with Gasteiger partial charge in [-0.1, -0.05) is 29.3 Å². The van der Waals surface area contributed by atoms with Gasteiger partial charge in [0.2, 0.25) is 5.91 Å². The first-order valence-electron chi connectivity index (χ1n) is 8.83. The number of benzene rings is 2. The molecule has 1 aromatic heterocycles. The predicted molar refractivity (Wildman–Crippen MR) is 110 cm³/mol. The first-order chi connectivity index (χ1) is 13.8. The number of aryl methyl sites for hydroxylation is 2. The van der Waals surface area contributed by atoms with E-state index in [0.717, 1.165) is 11.3 Å². The molecule has 9 heteroatoms. The molecule has 3 aromatic rings. The number of halogens is 1.